The second kappa shape index (κ2) is 16.6. The summed E-state index contributed by atoms with van der Waals surface area (Å²) in [6, 6.07) is 10.7. The first-order chi connectivity index (χ1) is 17.4. The van der Waals surface area contributed by atoms with Crippen LogP contribution in [0.25, 0.3) is 0 Å². The molecule has 0 radical (unpaired) electrons. The standard InChI is InChI=1S/C26H32FN3.C6H12/c1-19(2)13-14-25(20(3)8-5-9-22-10-6-12-24(27)16-22)21(4)30-18-23-11-7-15-29-26(23)17-28;1-2-4-6-5-3-1/h6-7,10-16,30H,3-5,8-9,17-18,28H2,1-2H3;1-6H2/b25-14+;. The highest BCUT2D eigenvalue weighted by Gasteiger charge is 2.09. The fourth-order valence-corrected chi connectivity index (χ4v) is 4.19. The molecule has 3 nitrogen and oxygen atoms in total. The Bertz CT molecular complexity index is 1020. The zero-order valence-electron chi connectivity index (χ0n) is 22.3. The van der Waals surface area contributed by atoms with Gasteiger partial charge >= 0.3 is 0 Å². The predicted octanol–water partition coefficient (Wildman–Crippen LogP) is 8.10. The number of benzene rings is 1. The van der Waals surface area contributed by atoms with E-state index in [1.807, 2.05) is 18.2 Å². The molecular formula is C32H44FN3. The van der Waals surface area contributed by atoms with Crippen molar-refractivity contribution in [2.24, 2.45) is 5.73 Å². The van der Waals surface area contributed by atoms with Gasteiger partial charge in [-0.05, 0) is 73.6 Å². The van der Waals surface area contributed by atoms with Gasteiger partial charge in [-0.1, -0.05) is 87.6 Å². The van der Waals surface area contributed by atoms with Crippen molar-refractivity contribution in [2.75, 3.05) is 0 Å². The summed E-state index contributed by atoms with van der Waals surface area (Å²) < 4.78 is 13.4. The topological polar surface area (TPSA) is 50.9 Å². The van der Waals surface area contributed by atoms with Crippen LogP contribution in [0.1, 0.15) is 82.0 Å². The molecule has 4 heteroatoms. The van der Waals surface area contributed by atoms with Crippen LogP contribution >= 0.6 is 0 Å². The van der Waals surface area contributed by atoms with Crippen molar-refractivity contribution >= 4 is 0 Å². The Morgan fingerprint density at radius 3 is 2.33 bits per heavy atom. The van der Waals surface area contributed by atoms with Gasteiger partial charge in [-0.3, -0.25) is 4.98 Å². The molecule has 194 valence electrons. The molecule has 1 heterocycles. The van der Waals surface area contributed by atoms with Crippen LogP contribution in [-0.2, 0) is 19.5 Å². The van der Waals surface area contributed by atoms with Crippen LogP contribution in [0, 0.1) is 5.82 Å². The van der Waals surface area contributed by atoms with Gasteiger partial charge in [0, 0.05) is 25.0 Å². The van der Waals surface area contributed by atoms with Crippen LogP contribution in [0.15, 0.2) is 90.3 Å². The van der Waals surface area contributed by atoms with Gasteiger partial charge in [0.15, 0.2) is 0 Å². The van der Waals surface area contributed by atoms with Gasteiger partial charge in [0.1, 0.15) is 5.82 Å². The Labute approximate surface area is 218 Å². The second-order valence-electron chi connectivity index (χ2n) is 9.68. The first kappa shape index (κ1) is 29.3. The van der Waals surface area contributed by atoms with E-state index in [1.165, 1.54) is 50.2 Å². The Morgan fingerprint density at radius 2 is 1.72 bits per heavy atom. The number of hydrogen-bond acceptors (Lipinski definition) is 3. The largest absolute Gasteiger partial charge is 0.381 e. The van der Waals surface area contributed by atoms with Crippen molar-refractivity contribution in [1.82, 2.24) is 10.3 Å². The Hall–Kier alpha value is -2.98. The molecule has 1 aliphatic rings. The average Bonchev–Trinajstić information content (AvgIpc) is 2.89. The molecule has 3 rings (SSSR count). The molecule has 0 spiro atoms. The normalized spacial score (nSPS) is 13.3. The van der Waals surface area contributed by atoms with Gasteiger partial charge in [-0.2, -0.15) is 0 Å². The van der Waals surface area contributed by atoms with E-state index in [4.69, 9.17) is 5.73 Å². The summed E-state index contributed by atoms with van der Waals surface area (Å²) in [5.41, 5.74) is 12.7. The molecule has 1 fully saturated rings. The number of halogens is 1. The van der Waals surface area contributed by atoms with Crippen molar-refractivity contribution in [1.29, 1.82) is 0 Å². The lowest BCUT2D eigenvalue weighted by Gasteiger charge is -2.17. The molecule has 0 aliphatic heterocycles. The van der Waals surface area contributed by atoms with Gasteiger partial charge in [-0.25, -0.2) is 4.39 Å². The van der Waals surface area contributed by atoms with Crippen molar-refractivity contribution in [2.45, 2.75) is 84.7 Å². The molecule has 0 unspecified atom stereocenters. The third-order valence-corrected chi connectivity index (χ3v) is 6.29. The van der Waals surface area contributed by atoms with Gasteiger partial charge < -0.3 is 11.1 Å². The predicted molar refractivity (Wildman–Crippen MR) is 152 cm³/mol. The van der Waals surface area contributed by atoms with Crippen LogP contribution in [0.3, 0.4) is 0 Å². The SMILES string of the molecule is C1CCCCC1.C=C(CCCc1cccc(F)c1)/C(=C\C=C(C)C)C(=C)NCc1cccnc1CN. The minimum Gasteiger partial charge on any atom is -0.381 e. The summed E-state index contributed by atoms with van der Waals surface area (Å²) in [4.78, 5) is 4.33. The van der Waals surface area contributed by atoms with Gasteiger partial charge in [0.05, 0.1) is 5.69 Å². The lowest BCUT2D eigenvalue weighted by molar-refractivity contribution is 0.504. The lowest BCUT2D eigenvalue weighted by Crippen LogP contribution is -2.17. The smallest absolute Gasteiger partial charge is 0.123 e. The zero-order chi connectivity index (χ0) is 26.2. The molecule has 2 aromatic rings. The molecule has 1 aliphatic carbocycles. The Morgan fingerprint density at radius 1 is 1.03 bits per heavy atom. The number of hydrogen-bond donors (Lipinski definition) is 2. The molecule has 1 aromatic carbocycles. The van der Waals surface area contributed by atoms with E-state index in [9.17, 15) is 4.39 Å². The Kier molecular flexibility index (Phi) is 13.5. The fraction of sp³-hybridized carbons (Fsp3) is 0.406. The van der Waals surface area contributed by atoms with E-state index in [-0.39, 0.29) is 5.82 Å². The molecule has 36 heavy (non-hydrogen) atoms. The summed E-state index contributed by atoms with van der Waals surface area (Å²) in [7, 11) is 0. The van der Waals surface area contributed by atoms with Crippen LogP contribution < -0.4 is 11.1 Å². The third kappa shape index (κ3) is 11.2. The molecular weight excluding hydrogens is 445 g/mol. The highest BCUT2D eigenvalue weighted by Crippen LogP contribution is 2.22. The van der Waals surface area contributed by atoms with E-state index in [0.29, 0.717) is 13.1 Å². The highest BCUT2D eigenvalue weighted by atomic mass is 19.1. The number of aryl methyl sites for hydroxylation is 1. The molecule has 3 N–H and O–H groups in total. The van der Waals surface area contributed by atoms with Crippen molar-refractivity contribution in [3.8, 4) is 0 Å². The lowest BCUT2D eigenvalue weighted by atomic mass is 9.97. The van der Waals surface area contributed by atoms with Crippen molar-refractivity contribution in [3.63, 3.8) is 0 Å². The number of nitrogens with two attached hydrogens (primary N) is 1. The van der Waals surface area contributed by atoms with Crippen LogP contribution in [0.4, 0.5) is 4.39 Å². The fourth-order valence-electron chi connectivity index (χ4n) is 4.19. The first-order valence-electron chi connectivity index (χ1n) is 13.2. The maximum absolute atomic E-state index is 13.4. The number of nitrogens with one attached hydrogen (secondary N) is 1. The van der Waals surface area contributed by atoms with Crippen molar-refractivity contribution < 1.29 is 4.39 Å². The summed E-state index contributed by atoms with van der Waals surface area (Å²) >= 11 is 0. The summed E-state index contributed by atoms with van der Waals surface area (Å²) in [6.45, 7) is 13.6. The minimum absolute atomic E-state index is 0.194. The maximum Gasteiger partial charge on any atom is 0.123 e. The summed E-state index contributed by atoms with van der Waals surface area (Å²) in [5, 5.41) is 3.40. The maximum atomic E-state index is 13.4. The number of rotatable bonds is 11. The second-order valence-corrected chi connectivity index (χ2v) is 9.68. The molecule has 0 saturated heterocycles. The molecule has 1 aromatic heterocycles. The summed E-state index contributed by atoms with van der Waals surface area (Å²) in [6.07, 6.45) is 17.4. The first-order valence-corrected chi connectivity index (χ1v) is 13.2. The van der Waals surface area contributed by atoms with Crippen LogP contribution in [0.5, 0.6) is 0 Å². The number of pyridine rings is 1. The number of allylic oxidation sites excluding steroid dienone is 4. The quantitative estimate of drug-likeness (QED) is 0.314. The van der Waals surface area contributed by atoms with E-state index in [2.05, 4.69) is 49.5 Å². The molecule has 0 atom stereocenters. The van der Waals surface area contributed by atoms with E-state index in [0.717, 1.165) is 52.9 Å². The highest BCUT2D eigenvalue weighted by molar-refractivity contribution is 5.45. The van der Waals surface area contributed by atoms with Gasteiger partial charge in [0.2, 0.25) is 0 Å². The minimum atomic E-state index is -0.194. The number of nitrogens with zero attached hydrogens (tertiary/aromatic N) is 1. The molecule has 1 saturated carbocycles. The van der Waals surface area contributed by atoms with Gasteiger partial charge in [0.25, 0.3) is 0 Å². The third-order valence-electron chi connectivity index (χ3n) is 6.29. The summed E-state index contributed by atoms with van der Waals surface area (Å²) in [5.74, 6) is -0.194. The van der Waals surface area contributed by atoms with E-state index < -0.39 is 0 Å². The Balaban J connectivity index is 0.000000662. The van der Waals surface area contributed by atoms with Crippen LogP contribution in [0.2, 0.25) is 0 Å². The van der Waals surface area contributed by atoms with Crippen molar-refractivity contribution in [3.05, 3.63) is 113 Å². The number of aromatic nitrogens is 1. The molecule has 0 amide bonds. The van der Waals surface area contributed by atoms with Crippen LogP contribution in [-0.4, -0.2) is 4.98 Å². The molecule has 0 bridgehead atoms. The zero-order valence-corrected chi connectivity index (χ0v) is 22.3. The van der Waals surface area contributed by atoms with E-state index in [1.54, 1.807) is 18.3 Å². The van der Waals surface area contributed by atoms with E-state index >= 15 is 0 Å². The average molecular weight is 490 g/mol. The van der Waals surface area contributed by atoms with Gasteiger partial charge in [-0.15, -0.1) is 0 Å². The monoisotopic (exact) mass is 489 g/mol.